The maximum atomic E-state index is 13.0. The topological polar surface area (TPSA) is 45.2 Å². The monoisotopic (exact) mass is 425 g/mol. The highest BCUT2D eigenvalue weighted by Gasteiger charge is 2.27. The molecular weight excluding hydrogens is 390 g/mol. The molecule has 0 aliphatic carbocycles. The number of carbonyl (C=O) groups is 1. The molecule has 0 saturated carbocycles. The van der Waals surface area contributed by atoms with Crippen LogP contribution in [0.5, 0.6) is 11.5 Å². The quantitative estimate of drug-likeness (QED) is 0.618. The molecule has 31 heavy (non-hydrogen) atoms. The zero-order valence-corrected chi connectivity index (χ0v) is 19.2. The molecule has 3 rings (SSSR count). The van der Waals surface area contributed by atoms with Gasteiger partial charge in [0.05, 0.1) is 20.3 Å². The number of hydrogen-bond donors (Lipinski definition) is 0. The Hall–Kier alpha value is -2.57. The van der Waals surface area contributed by atoms with Crippen molar-refractivity contribution in [1.82, 2.24) is 14.7 Å². The van der Waals surface area contributed by atoms with Crippen LogP contribution in [-0.2, 0) is 17.8 Å². The molecule has 0 N–H and O–H groups in total. The van der Waals surface area contributed by atoms with Crippen molar-refractivity contribution in [3.05, 3.63) is 59.7 Å². The molecule has 0 spiro atoms. The largest absolute Gasteiger partial charge is 0.493 e. The first-order valence-electron chi connectivity index (χ1n) is 11.0. The molecular formula is C25H35N3O3. The molecule has 0 bridgehead atoms. The summed E-state index contributed by atoms with van der Waals surface area (Å²) in [5, 5.41) is 0. The van der Waals surface area contributed by atoms with Crippen LogP contribution in [-0.4, -0.2) is 80.6 Å². The third-order valence-corrected chi connectivity index (χ3v) is 6.15. The molecule has 2 aromatic carbocycles. The van der Waals surface area contributed by atoms with Gasteiger partial charge in [0.15, 0.2) is 11.5 Å². The molecule has 0 radical (unpaired) electrons. The summed E-state index contributed by atoms with van der Waals surface area (Å²) in [5.41, 5.74) is 2.49. The highest BCUT2D eigenvalue weighted by Crippen LogP contribution is 2.27. The van der Waals surface area contributed by atoms with Gasteiger partial charge in [0.1, 0.15) is 0 Å². The predicted molar refractivity (Wildman–Crippen MR) is 124 cm³/mol. The van der Waals surface area contributed by atoms with Gasteiger partial charge in [-0.25, -0.2) is 0 Å². The number of hydrogen-bond acceptors (Lipinski definition) is 5. The third-order valence-electron chi connectivity index (χ3n) is 6.15. The Morgan fingerprint density at radius 3 is 2.29 bits per heavy atom. The fourth-order valence-corrected chi connectivity index (χ4v) is 3.96. The Morgan fingerprint density at radius 2 is 1.65 bits per heavy atom. The lowest BCUT2D eigenvalue weighted by molar-refractivity contribution is -0.137. The van der Waals surface area contributed by atoms with Crippen molar-refractivity contribution in [1.29, 1.82) is 0 Å². The standard InChI is InChI=1S/C25H35N3O3/c1-20(26(2)13-12-21-10-11-23(30-3)24(18-21)31-4)25(29)28-16-14-27(15-17-28)19-22-8-6-5-7-9-22/h5-11,18,20H,12-17,19H2,1-4H3/t20-/m1/s1. The molecule has 1 aliphatic rings. The van der Waals surface area contributed by atoms with Crippen molar-refractivity contribution in [2.24, 2.45) is 0 Å². The van der Waals surface area contributed by atoms with E-state index in [9.17, 15) is 4.79 Å². The van der Waals surface area contributed by atoms with Crippen LogP contribution in [0, 0.1) is 0 Å². The van der Waals surface area contributed by atoms with Crippen molar-refractivity contribution in [2.45, 2.75) is 25.9 Å². The number of rotatable bonds is 9. The van der Waals surface area contributed by atoms with E-state index < -0.39 is 0 Å². The first kappa shape index (κ1) is 23.1. The second kappa shape index (κ2) is 11.2. The van der Waals surface area contributed by atoms with E-state index in [1.807, 2.05) is 43.1 Å². The Labute approximate surface area is 186 Å². The van der Waals surface area contributed by atoms with E-state index in [-0.39, 0.29) is 11.9 Å². The zero-order valence-electron chi connectivity index (χ0n) is 19.2. The van der Waals surface area contributed by atoms with Crippen LogP contribution < -0.4 is 9.47 Å². The lowest BCUT2D eigenvalue weighted by atomic mass is 10.1. The molecule has 1 amide bonds. The highest BCUT2D eigenvalue weighted by atomic mass is 16.5. The van der Waals surface area contributed by atoms with E-state index in [1.54, 1.807) is 14.2 Å². The normalized spacial score (nSPS) is 15.7. The summed E-state index contributed by atoms with van der Waals surface area (Å²) in [6, 6.07) is 16.4. The van der Waals surface area contributed by atoms with Gasteiger partial charge in [-0.05, 0) is 43.7 Å². The number of piperazine rings is 1. The van der Waals surface area contributed by atoms with Gasteiger partial charge in [-0.2, -0.15) is 0 Å². The van der Waals surface area contributed by atoms with Crippen molar-refractivity contribution in [3.63, 3.8) is 0 Å². The van der Waals surface area contributed by atoms with Crippen LogP contribution in [0.25, 0.3) is 0 Å². The van der Waals surface area contributed by atoms with E-state index in [0.717, 1.165) is 57.2 Å². The molecule has 0 unspecified atom stereocenters. The van der Waals surface area contributed by atoms with Gasteiger partial charge < -0.3 is 14.4 Å². The molecule has 1 heterocycles. The Kier molecular flexibility index (Phi) is 8.32. The number of benzene rings is 2. The predicted octanol–water partition coefficient (Wildman–Crippen LogP) is 2.91. The Bertz CT molecular complexity index is 835. The minimum atomic E-state index is -0.138. The summed E-state index contributed by atoms with van der Waals surface area (Å²) in [7, 11) is 5.31. The molecule has 6 nitrogen and oxygen atoms in total. The van der Waals surface area contributed by atoms with Gasteiger partial charge in [-0.1, -0.05) is 36.4 Å². The maximum absolute atomic E-state index is 13.0. The second-order valence-electron chi connectivity index (χ2n) is 8.18. The van der Waals surface area contributed by atoms with Gasteiger partial charge in [0, 0.05) is 39.3 Å². The first-order valence-corrected chi connectivity index (χ1v) is 11.0. The van der Waals surface area contributed by atoms with Gasteiger partial charge in [-0.15, -0.1) is 0 Å². The SMILES string of the molecule is COc1ccc(CCN(C)[C@H](C)C(=O)N2CCN(Cc3ccccc3)CC2)cc1OC. The fourth-order valence-electron chi connectivity index (χ4n) is 3.96. The van der Waals surface area contributed by atoms with E-state index in [4.69, 9.17) is 9.47 Å². The Balaban J connectivity index is 1.46. The van der Waals surface area contributed by atoms with Crippen LogP contribution >= 0.6 is 0 Å². The van der Waals surface area contributed by atoms with Crippen molar-refractivity contribution < 1.29 is 14.3 Å². The minimum absolute atomic E-state index is 0.138. The van der Waals surface area contributed by atoms with Gasteiger partial charge in [-0.3, -0.25) is 14.6 Å². The van der Waals surface area contributed by atoms with E-state index in [2.05, 4.69) is 34.1 Å². The summed E-state index contributed by atoms with van der Waals surface area (Å²) in [4.78, 5) is 19.6. The van der Waals surface area contributed by atoms with Crippen molar-refractivity contribution in [3.8, 4) is 11.5 Å². The molecule has 168 valence electrons. The molecule has 2 aromatic rings. The van der Waals surface area contributed by atoms with Crippen LogP contribution in [0.2, 0.25) is 0 Å². The summed E-state index contributed by atoms with van der Waals surface area (Å²) in [5.74, 6) is 1.68. The second-order valence-corrected chi connectivity index (χ2v) is 8.18. The lowest BCUT2D eigenvalue weighted by Gasteiger charge is -2.37. The smallest absolute Gasteiger partial charge is 0.239 e. The number of ether oxygens (including phenoxy) is 2. The molecule has 6 heteroatoms. The van der Waals surface area contributed by atoms with Crippen LogP contribution in [0.15, 0.2) is 48.5 Å². The van der Waals surface area contributed by atoms with Gasteiger partial charge >= 0.3 is 0 Å². The zero-order chi connectivity index (χ0) is 22.2. The van der Waals surface area contributed by atoms with E-state index in [0.29, 0.717) is 0 Å². The minimum Gasteiger partial charge on any atom is -0.493 e. The van der Waals surface area contributed by atoms with Crippen LogP contribution in [0.4, 0.5) is 0 Å². The van der Waals surface area contributed by atoms with Gasteiger partial charge in [0.2, 0.25) is 5.91 Å². The molecule has 1 saturated heterocycles. The molecule has 1 fully saturated rings. The van der Waals surface area contributed by atoms with Crippen molar-refractivity contribution >= 4 is 5.91 Å². The van der Waals surface area contributed by atoms with E-state index in [1.165, 1.54) is 11.1 Å². The number of carbonyl (C=O) groups excluding carboxylic acids is 1. The molecule has 1 atom stereocenters. The average Bonchev–Trinajstić information content (AvgIpc) is 2.82. The summed E-state index contributed by atoms with van der Waals surface area (Å²) in [6.07, 6.45) is 0.847. The van der Waals surface area contributed by atoms with Gasteiger partial charge in [0.25, 0.3) is 0 Å². The average molecular weight is 426 g/mol. The Morgan fingerprint density at radius 1 is 0.968 bits per heavy atom. The maximum Gasteiger partial charge on any atom is 0.239 e. The number of likely N-dealkylation sites (N-methyl/N-ethyl adjacent to an activating group) is 1. The number of nitrogens with zero attached hydrogens (tertiary/aromatic N) is 3. The van der Waals surface area contributed by atoms with Crippen LogP contribution in [0.1, 0.15) is 18.1 Å². The first-order chi connectivity index (χ1) is 15.0. The lowest BCUT2D eigenvalue weighted by Crippen LogP contribution is -2.53. The number of amides is 1. The fraction of sp³-hybridized carbons (Fsp3) is 0.480. The van der Waals surface area contributed by atoms with Crippen molar-refractivity contribution in [2.75, 3.05) is 54.0 Å². The molecule has 1 aliphatic heterocycles. The summed E-state index contributed by atoms with van der Waals surface area (Å²) in [6.45, 7) is 7.18. The van der Waals surface area contributed by atoms with E-state index >= 15 is 0 Å². The molecule has 0 aromatic heterocycles. The van der Waals surface area contributed by atoms with Crippen LogP contribution in [0.3, 0.4) is 0 Å². The highest BCUT2D eigenvalue weighted by molar-refractivity contribution is 5.81. The summed E-state index contributed by atoms with van der Waals surface area (Å²) >= 11 is 0. The third kappa shape index (κ3) is 6.21. The number of methoxy groups -OCH3 is 2. The summed E-state index contributed by atoms with van der Waals surface area (Å²) < 4.78 is 10.7.